The molecule has 2 amide bonds. The summed E-state index contributed by atoms with van der Waals surface area (Å²) in [7, 11) is -3.25. The molecule has 6 nitrogen and oxygen atoms in total. The fourth-order valence-electron chi connectivity index (χ4n) is 2.87. The summed E-state index contributed by atoms with van der Waals surface area (Å²) < 4.78 is 23.8. The number of carbonyl (C=O) groups is 1. The SMILES string of the molecule is CCS(=O)(=O)c1cccc(CNC(=O)N2CC(C)C(C)(CO)C2)c1. The second kappa shape index (κ2) is 7.11. The van der Waals surface area contributed by atoms with Crippen molar-refractivity contribution in [1.29, 1.82) is 0 Å². The molecule has 1 aromatic carbocycles. The highest BCUT2D eigenvalue weighted by Crippen LogP contribution is 2.34. The van der Waals surface area contributed by atoms with Crippen molar-refractivity contribution in [1.82, 2.24) is 10.2 Å². The quantitative estimate of drug-likeness (QED) is 0.842. The van der Waals surface area contributed by atoms with Crippen molar-refractivity contribution in [2.24, 2.45) is 11.3 Å². The highest BCUT2D eigenvalue weighted by atomic mass is 32.2. The van der Waals surface area contributed by atoms with Gasteiger partial charge >= 0.3 is 6.03 Å². The lowest BCUT2D eigenvalue weighted by Crippen LogP contribution is -2.39. The molecule has 2 N–H and O–H groups in total. The Kier molecular flexibility index (Phi) is 5.55. The van der Waals surface area contributed by atoms with Crippen LogP contribution in [0.15, 0.2) is 29.2 Å². The Morgan fingerprint density at radius 3 is 2.75 bits per heavy atom. The molecule has 1 heterocycles. The van der Waals surface area contributed by atoms with Crippen LogP contribution in [0.4, 0.5) is 4.79 Å². The molecule has 1 fully saturated rings. The second-order valence-electron chi connectivity index (χ2n) is 6.80. The average Bonchev–Trinajstić information content (AvgIpc) is 2.89. The Morgan fingerprint density at radius 1 is 1.46 bits per heavy atom. The summed E-state index contributed by atoms with van der Waals surface area (Å²) in [5, 5.41) is 12.3. The molecule has 24 heavy (non-hydrogen) atoms. The Bertz CT molecular complexity index is 704. The molecule has 7 heteroatoms. The van der Waals surface area contributed by atoms with Crippen LogP contribution in [-0.2, 0) is 16.4 Å². The van der Waals surface area contributed by atoms with Crippen molar-refractivity contribution in [2.45, 2.75) is 32.2 Å². The van der Waals surface area contributed by atoms with Crippen molar-refractivity contribution in [3.63, 3.8) is 0 Å². The molecule has 1 saturated heterocycles. The van der Waals surface area contributed by atoms with E-state index in [0.29, 0.717) is 13.1 Å². The maximum Gasteiger partial charge on any atom is 0.317 e. The third-order valence-corrected chi connectivity index (χ3v) is 6.70. The van der Waals surface area contributed by atoms with Gasteiger partial charge in [0.05, 0.1) is 17.3 Å². The van der Waals surface area contributed by atoms with Crippen molar-refractivity contribution < 1.29 is 18.3 Å². The fourth-order valence-corrected chi connectivity index (χ4v) is 3.82. The van der Waals surface area contributed by atoms with Gasteiger partial charge in [0.15, 0.2) is 9.84 Å². The molecule has 0 aliphatic carbocycles. The summed E-state index contributed by atoms with van der Waals surface area (Å²) in [4.78, 5) is 14.3. The van der Waals surface area contributed by atoms with Gasteiger partial charge < -0.3 is 15.3 Å². The number of benzene rings is 1. The van der Waals surface area contributed by atoms with E-state index in [2.05, 4.69) is 5.32 Å². The van der Waals surface area contributed by atoms with Gasteiger partial charge in [-0.1, -0.05) is 32.9 Å². The van der Waals surface area contributed by atoms with Gasteiger partial charge in [-0.15, -0.1) is 0 Å². The number of aliphatic hydroxyl groups excluding tert-OH is 1. The van der Waals surface area contributed by atoms with Crippen LogP contribution in [0.2, 0.25) is 0 Å². The molecule has 134 valence electrons. The van der Waals surface area contributed by atoms with Crippen LogP contribution in [0.25, 0.3) is 0 Å². The minimum Gasteiger partial charge on any atom is -0.396 e. The predicted molar refractivity (Wildman–Crippen MR) is 92.3 cm³/mol. The summed E-state index contributed by atoms with van der Waals surface area (Å²) in [6.07, 6.45) is 0. The van der Waals surface area contributed by atoms with Crippen LogP contribution in [0, 0.1) is 11.3 Å². The van der Waals surface area contributed by atoms with Gasteiger partial charge in [-0.3, -0.25) is 0 Å². The van der Waals surface area contributed by atoms with Crippen LogP contribution in [0.1, 0.15) is 26.3 Å². The number of nitrogens with one attached hydrogen (secondary N) is 1. The molecule has 2 unspecified atom stereocenters. The summed E-state index contributed by atoms with van der Waals surface area (Å²) in [6, 6.07) is 6.45. The van der Waals surface area contributed by atoms with E-state index in [9.17, 15) is 18.3 Å². The van der Waals surface area contributed by atoms with Crippen molar-refractivity contribution in [3.8, 4) is 0 Å². The van der Waals surface area contributed by atoms with Crippen molar-refractivity contribution in [2.75, 3.05) is 25.4 Å². The molecular weight excluding hydrogens is 328 g/mol. The lowest BCUT2D eigenvalue weighted by Gasteiger charge is -2.25. The predicted octanol–water partition coefficient (Wildman–Crippen LogP) is 1.64. The minimum absolute atomic E-state index is 0.0498. The number of urea groups is 1. The van der Waals surface area contributed by atoms with Crippen molar-refractivity contribution in [3.05, 3.63) is 29.8 Å². The smallest absolute Gasteiger partial charge is 0.317 e. The van der Waals surface area contributed by atoms with E-state index in [1.807, 2.05) is 13.8 Å². The lowest BCUT2D eigenvalue weighted by molar-refractivity contribution is 0.119. The van der Waals surface area contributed by atoms with E-state index in [0.717, 1.165) is 5.56 Å². The average molecular weight is 354 g/mol. The molecule has 0 bridgehead atoms. The van der Waals surface area contributed by atoms with Gasteiger partial charge in [0.25, 0.3) is 0 Å². The van der Waals surface area contributed by atoms with Gasteiger partial charge in [-0.05, 0) is 23.6 Å². The van der Waals surface area contributed by atoms with E-state index in [1.54, 1.807) is 36.1 Å². The number of nitrogens with zero attached hydrogens (tertiary/aromatic N) is 1. The summed E-state index contributed by atoms with van der Waals surface area (Å²) in [5.74, 6) is 0.278. The second-order valence-corrected chi connectivity index (χ2v) is 9.08. The van der Waals surface area contributed by atoms with Crippen LogP contribution >= 0.6 is 0 Å². The van der Waals surface area contributed by atoms with E-state index in [4.69, 9.17) is 0 Å². The van der Waals surface area contributed by atoms with E-state index >= 15 is 0 Å². The molecule has 2 atom stereocenters. The molecule has 1 aliphatic heterocycles. The molecule has 0 radical (unpaired) electrons. The highest BCUT2D eigenvalue weighted by Gasteiger charge is 2.41. The van der Waals surface area contributed by atoms with Gasteiger partial charge in [-0.25, -0.2) is 13.2 Å². The number of rotatable bonds is 5. The minimum atomic E-state index is -3.25. The maximum absolute atomic E-state index is 12.3. The molecular formula is C17H26N2O4S. The molecule has 1 aromatic rings. The van der Waals surface area contributed by atoms with Crippen LogP contribution in [0.5, 0.6) is 0 Å². The van der Waals surface area contributed by atoms with Gasteiger partial charge in [0.1, 0.15) is 0 Å². The largest absolute Gasteiger partial charge is 0.396 e. The third kappa shape index (κ3) is 3.89. The molecule has 0 aromatic heterocycles. The van der Waals surface area contributed by atoms with Crippen molar-refractivity contribution >= 4 is 15.9 Å². The highest BCUT2D eigenvalue weighted by molar-refractivity contribution is 7.91. The maximum atomic E-state index is 12.3. The van der Waals surface area contributed by atoms with E-state index in [1.165, 1.54) is 0 Å². The number of carbonyl (C=O) groups excluding carboxylic acids is 1. The number of sulfone groups is 1. The van der Waals surface area contributed by atoms with Gasteiger partial charge in [-0.2, -0.15) is 0 Å². The fraction of sp³-hybridized carbons (Fsp3) is 0.588. The van der Waals surface area contributed by atoms with E-state index < -0.39 is 9.84 Å². The zero-order chi connectivity index (χ0) is 18.0. The normalized spacial score (nSPS) is 24.2. The van der Waals surface area contributed by atoms with Crippen LogP contribution in [0.3, 0.4) is 0 Å². The molecule has 0 spiro atoms. The molecule has 0 saturated carbocycles. The number of amides is 2. The Hall–Kier alpha value is -1.60. The number of hydrogen-bond acceptors (Lipinski definition) is 4. The Labute approximate surface area is 143 Å². The Balaban J connectivity index is 1.99. The van der Waals surface area contributed by atoms with Gasteiger partial charge in [0.2, 0.25) is 0 Å². The monoisotopic (exact) mass is 354 g/mol. The Morgan fingerprint density at radius 2 is 2.17 bits per heavy atom. The van der Waals surface area contributed by atoms with Crippen LogP contribution < -0.4 is 5.32 Å². The first kappa shape index (κ1) is 18.7. The molecule has 2 rings (SSSR count). The topological polar surface area (TPSA) is 86.7 Å². The first-order valence-electron chi connectivity index (χ1n) is 8.17. The first-order chi connectivity index (χ1) is 11.2. The lowest BCUT2D eigenvalue weighted by atomic mass is 9.82. The number of likely N-dealkylation sites (tertiary alicyclic amines) is 1. The zero-order valence-corrected chi connectivity index (χ0v) is 15.3. The zero-order valence-electron chi connectivity index (χ0n) is 14.4. The standard InChI is InChI=1S/C17H26N2O4S/c1-4-24(22,23)15-7-5-6-14(8-15)9-18-16(21)19-10-13(2)17(3,11-19)12-20/h5-8,13,20H,4,9-12H2,1-3H3,(H,18,21). The molecule has 1 aliphatic rings. The summed E-state index contributed by atoms with van der Waals surface area (Å²) >= 11 is 0. The number of hydrogen-bond donors (Lipinski definition) is 2. The number of aliphatic hydroxyl groups is 1. The van der Waals surface area contributed by atoms with Gasteiger partial charge in [0, 0.05) is 25.0 Å². The first-order valence-corrected chi connectivity index (χ1v) is 9.82. The summed E-state index contributed by atoms with van der Waals surface area (Å²) in [6.45, 7) is 7.05. The van der Waals surface area contributed by atoms with Crippen LogP contribution in [-0.4, -0.2) is 49.9 Å². The summed E-state index contributed by atoms with van der Waals surface area (Å²) in [5.41, 5.74) is 0.474. The van der Waals surface area contributed by atoms with E-state index in [-0.39, 0.29) is 41.2 Å². The third-order valence-electron chi connectivity index (χ3n) is 4.97.